The molecule has 0 aromatic carbocycles. The van der Waals surface area contributed by atoms with Crippen LogP contribution in [0.1, 0.15) is 77.8 Å². The van der Waals surface area contributed by atoms with Crippen molar-refractivity contribution in [2.45, 2.75) is 89.7 Å². The summed E-state index contributed by atoms with van der Waals surface area (Å²) in [5.74, 6) is 0.262. The molecule has 2 aromatic heterocycles. The van der Waals surface area contributed by atoms with Crippen LogP contribution in [-0.4, -0.2) is 26.1 Å². The molecule has 0 N–H and O–H groups in total. The molecule has 2 heterocycles. The number of nitrogens with zero attached hydrogens (tertiary/aromatic N) is 3. The lowest BCUT2D eigenvalue weighted by atomic mass is 9.95. The van der Waals surface area contributed by atoms with Crippen LogP contribution >= 0.6 is 11.6 Å². The summed E-state index contributed by atoms with van der Waals surface area (Å²) >= 11 is 6.18. The molecule has 2 fully saturated rings. The number of hydrogen-bond donors (Lipinski definition) is 0. The highest BCUT2D eigenvalue weighted by Gasteiger charge is 2.53. The van der Waals surface area contributed by atoms with Crippen molar-refractivity contribution in [2.24, 2.45) is 5.92 Å². The zero-order chi connectivity index (χ0) is 21.5. The molecule has 30 heavy (non-hydrogen) atoms. The highest BCUT2D eigenvalue weighted by molar-refractivity contribution is 6.29. The van der Waals surface area contributed by atoms with Crippen LogP contribution in [0.4, 0.5) is 0 Å². The van der Waals surface area contributed by atoms with Gasteiger partial charge in [-0.25, -0.2) is 9.97 Å². The Labute approximate surface area is 182 Å². The van der Waals surface area contributed by atoms with Gasteiger partial charge in [-0.1, -0.05) is 24.4 Å². The topological polar surface area (TPSA) is 74.1 Å². The van der Waals surface area contributed by atoms with Gasteiger partial charge in [-0.15, -0.1) is 0 Å². The summed E-state index contributed by atoms with van der Waals surface area (Å²) in [5.41, 5.74) is 1.05. The van der Waals surface area contributed by atoms with Crippen LogP contribution < -0.4 is 5.56 Å². The third kappa shape index (κ3) is 4.25. The second kappa shape index (κ2) is 7.95. The number of hydrogen-bond acceptors (Lipinski definition) is 5. The van der Waals surface area contributed by atoms with Crippen molar-refractivity contribution < 1.29 is 9.53 Å². The lowest BCUT2D eigenvalue weighted by molar-refractivity contribution is -0.154. The number of halogens is 1. The molecule has 0 spiro atoms. The average Bonchev–Trinajstić information content (AvgIpc) is 3.24. The van der Waals surface area contributed by atoms with E-state index in [-0.39, 0.29) is 23.5 Å². The smallest absolute Gasteiger partial charge is 0.306 e. The van der Waals surface area contributed by atoms with Gasteiger partial charge in [-0.05, 0) is 77.3 Å². The second-order valence-electron chi connectivity index (χ2n) is 9.70. The van der Waals surface area contributed by atoms with Crippen LogP contribution in [0, 0.1) is 5.92 Å². The van der Waals surface area contributed by atoms with E-state index in [1.165, 1.54) is 12.8 Å². The molecule has 4 rings (SSSR count). The molecule has 0 radical (unpaired) electrons. The molecule has 2 aliphatic carbocycles. The van der Waals surface area contributed by atoms with Crippen molar-refractivity contribution >= 4 is 28.7 Å². The number of carbonyl (C=O) groups excluding carboxylic acids is 1. The van der Waals surface area contributed by atoms with Gasteiger partial charge in [0, 0.05) is 6.42 Å². The van der Waals surface area contributed by atoms with Crippen molar-refractivity contribution in [1.29, 1.82) is 0 Å². The van der Waals surface area contributed by atoms with E-state index in [0.29, 0.717) is 40.8 Å². The second-order valence-corrected chi connectivity index (χ2v) is 10.1. The summed E-state index contributed by atoms with van der Waals surface area (Å²) in [5, 5.41) is 0.373. The molecule has 7 heteroatoms. The van der Waals surface area contributed by atoms with Crippen LogP contribution in [0.2, 0.25) is 5.15 Å². The molecule has 0 atom stereocenters. The van der Waals surface area contributed by atoms with Crippen molar-refractivity contribution in [3.05, 3.63) is 33.3 Å². The minimum atomic E-state index is -0.504. The Morgan fingerprint density at radius 1 is 1.23 bits per heavy atom. The van der Waals surface area contributed by atoms with Gasteiger partial charge < -0.3 is 4.74 Å². The Morgan fingerprint density at radius 2 is 1.93 bits per heavy atom. The van der Waals surface area contributed by atoms with E-state index in [0.717, 1.165) is 25.7 Å². The molecule has 0 unspecified atom stereocenters. The van der Waals surface area contributed by atoms with Gasteiger partial charge in [0.05, 0.1) is 5.54 Å². The van der Waals surface area contributed by atoms with E-state index in [9.17, 15) is 9.59 Å². The molecule has 0 amide bonds. The summed E-state index contributed by atoms with van der Waals surface area (Å²) in [6, 6.07) is 3.55. The van der Waals surface area contributed by atoms with Crippen molar-refractivity contribution in [1.82, 2.24) is 14.5 Å². The normalized spacial score (nSPS) is 18.7. The lowest BCUT2D eigenvalue weighted by Gasteiger charge is -2.27. The lowest BCUT2D eigenvalue weighted by Crippen LogP contribution is -2.38. The quantitative estimate of drug-likeness (QED) is 0.485. The molecule has 0 bridgehead atoms. The Bertz CT molecular complexity index is 1010. The van der Waals surface area contributed by atoms with E-state index in [4.69, 9.17) is 16.3 Å². The van der Waals surface area contributed by atoms with E-state index < -0.39 is 5.60 Å². The van der Waals surface area contributed by atoms with Crippen molar-refractivity contribution in [3.63, 3.8) is 0 Å². The maximum Gasteiger partial charge on any atom is 0.306 e. The van der Waals surface area contributed by atoms with Crippen LogP contribution in [0.5, 0.6) is 0 Å². The number of aryl methyl sites for hydroxylation is 1. The highest BCUT2D eigenvalue weighted by atomic mass is 35.5. The largest absolute Gasteiger partial charge is 0.460 e. The number of ether oxygens (including phenoxy) is 1. The van der Waals surface area contributed by atoms with Gasteiger partial charge in [0.1, 0.15) is 22.0 Å². The Kier molecular flexibility index (Phi) is 5.64. The molecule has 0 aliphatic heterocycles. The van der Waals surface area contributed by atoms with Crippen LogP contribution in [0.15, 0.2) is 16.9 Å². The SMILES string of the molecule is CC(C)(C)OC(=O)CCCc1nc2ccc(Cl)nc2n(C2(C3CCCC3)CC2)c1=O. The number of aromatic nitrogens is 3. The fourth-order valence-electron chi connectivity index (χ4n) is 4.86. The van der Waals surface area contributed by atoms with E-state index in [1.807, 2.05) is 31.4 Å². The highest BCUT2D eigenvalue weighted by Crippen LogP contribution is 2.55. The summed E-state index contributed by atoms with van der Waals surface area (Å²) in [6.45, 7) is 5.56. The molecule has 162 valence electrons. The fourth-order valence-corrected chi connectivity index (χ4v) is 5.01. The first kappa shape index (κ1) is 21.3. The standard InChI is InChI=1S/C23H30ClN3O3/c1-22(2,3)30-19(28)10-6-9-17-21(29)27(20-16(25-17)11-12-18(24)26-20)23(13-14-23)15-7-4-5-8-15/h11-12,15H,4-10,13-14H2,1-3H3. The molecular weight excluding hydrogens is 402 g/mol. The molecule has 2 aromatic rings. The molecule has 6 nitrogen and oxygen atoms in total. The van der Waals surface area contributed by atoms with Gasteiger partial charge >= 0.3 is 5.97 Å². The Hall–Kier alpha value is -1.95. The number of fused-ring (bicyclic) bond motifs is 1. The van der Waals surface area contributed by atoms with E-state index in [2.05, 4.69) is 9.97 Å². The summed E-state index contributed by atoms with van der Waals surface area (Å²) in [4.78, 5) is 34.7. The first-order chi connectivity index (χ1) is 14.2. The minimum Gasteiger partial charge on any atom is -0.460 e. The van der Waals surface area contributed by atoms with Crippen LogP contribution in [0.3, 0.4) is 0 Å². The predicted octanol–water partition coefficient (Wildman–Crippen LogP) is 4.79. The summed E-state index contributed by atoms with van der Waals surface area (Å²) < 4.78 is 7.28. The third-order valence-electron chi connectivity index (χ3n) is 6.27. The molecule has 2 aliphatic rings. The minimum absolute atomic E-state index is 0.0779. The summed E-state index contributed by atoms with van der Waals surface area (Å²) in [7, 11) is 0. The van der Waals surface area contributed by atoms with Crippen LogP contribution in [-0.2, 0) is 21.5 Å². The fraction of sp³-hybridized carbons (Fsp3) is 0.652. The number of rotatable bonds is 6. The molecular formula is C23H30ClN3O3. The Balaban J connectivity index is 1.65. The van der Waals surface area contributed by atoms with Crippen molar-refractivity contribution in [2.75, 3.05) is 0 Å². The maximum atomic E-state index is 13.5. The summed E-state index contributed by atoms with van der Waals surface area (Å²) in [6.07, 6.45) is 8.00. The number of carbonyl (C=O) groups is 1. The zero-order valence-corrected chi connectivity index (χ0v) is 18.8. The van der Waals surface area contributed by atoms with Gasteiger partial charge in [0.25, 0.3) is 5.56 Å². The van der Waals surface area contributed by atoms with Crippen LogP contribution in [0.25, 0.3) is 11.2 Å². The predicted molar refractivity (Wildman–Crippen MR) is 117 cm³/mol. The first-order valence-electron chi connectivity index (χ1n) is 11.0. The average molecular weight is 432 g/mol. The van der Waals surface area contributed by atoms with E-state index in [1.54, 1.807) is 6.07 Å². The third-order valence-corrected chi connectivity index (χ3v) is 6.49. The Morgan fingerprint density at radius 3 is 2.57 bits per heavy atom. The van der Waals surface area contributed by atoms with Gasteiger partial charge in [0.2, 0.25) is 0 Å². The van der Waals surface area contributed by atoms with Gasteiger partial charge in [-0.3, -0.25) is 14.2 Å². The number of esters is 1. The first-order valence-corrected chi connectivity index (χ1v) is 11.4. The molecule has 2 saturated carbocycles. The van der Waals surface area contributed by atoms with E-state index >= 15 is 0 Å². The number of pyridine rings is 1. The van der Waals surface area contributed by atoms with Gasteiger partial charge in [-0.2, -0.15) is 0 Å². The van der Waals surface area contributed by atoms with Crippen molar-refractivity contribution in [3.8, 4) is 0 Å². The molecule has 0 saturated heterocycles. The monoisotopic (exact) mass is 431 g/mol. The zero-order valence-electron chi connectivity index (χ0n) is 18.0. The maximum absolute atomic E-state index is 13.5. The van der Waals surface area contributed by atoms with Gasteiger partial charge in [0.15, 0.2) is 5.65 Å².